The lowest BCUT2D eigenvalue weighted by molar-refractivity contribution is 0.181. The molecule has 0 heterocycles. The summed E-state index contributed by atoms with van der Waals surface area (Å²) in [5, 5.41) is 0.612. The Morgan fingerprint density at radius 2 is 2.00 bits per heavy atom. The van der Waals surface area contributed by atoms with Crippen molar-refractivity contribution in [2.24, 2.45) is 0 Å². The van der Waals surface area contributed by atoms with Crippen LogP contribution in [0.25, 0.3) is 0 Å². The second-order valence-electron chi connectivity index (χ2n) is 4.87. The Morgan fingerprint density at radius 3 is 2.70 bits per heavy atom. The molecule has 1 aliphatic carbocycles. The molecule has 0 N–H and O–H groups in total. The number of halogens is 1. The highest BCUT2D eigenvalue weighted by Gasteiger charge is 2.25. The van der Waals surface area contributed by atoms with E-state index in [9.17, 15) is 8.42 Å². The molecular formula is C14H20BrNO3S. The average Bonchev–Trinajstić information content (AvgIpc) is 2.90. The smallest absolute Gasteiger partial charge is 0.243 e. The number of alkyl halides is 1. The summed E-state index contributed by atoms with van der Waals surface area (Å²) in [6, 6.07) is 5.52. The van der Waals surface area contributed by atoms with Crippen LogP contribution in [-0.4, -0.2) is 44.9 Å². The predicted molar refractivity (Wildman–Crippen MR) is 82.9 cm³/mol. The number of nitrogens with zero attached hydrogens (tertiary/aromatic N) is 1. The van der Waals surface area contributed by atoms with Crippen LogP contribution in [-0.2, 0) is 27.6 Å². The van der Waals surface area contributed by atoms with Gasteiger partial charge in [0, 0.05) is 25.5 Å². The number of hydrogen-bond donors (Lipinski definition) is 0. The van der Waals surface area contributed by atoms with Gasteiger partial charge in [-0.25, -0.2) is 8.42 Å². The highest BCUT2D eigenvalue weighted by atomic mass is 79.9. The molecule has 0 saturated heterocycles. The Hall–Kier alpha value is -0.430. The molecule has 1 aliphatic rings. The summed E-state index contributed by atoms with van der Waals surface area (Å²) in [5.41, 5.74) is 2.46. The number of hydrogen-bond acceptors (Lipinski definition) is 3. The number of aryl methyl sites for hydroxylation is 2. The lowest BCUT2D eigenvalue weighted by atomic mass is 10.1. The average molecular weight is 362 g/mol. The van der Waals surface area contributed by atoms with Crippen LogP contribution >= 0.6 is 15.9 Å². The molecule has 0 aromatic heterocycles. The van der Waals surface area contributed by atoms with Crippen LogP contribution in [0.5, 0.6) is 0 Å². The van der Waals surface area contributed by atoms with Gasteiger partial charge in [-0.05, 0) is 42.5 Å². The normalized spacial score (nSPS) is 14.8. The van der Waals surface area contributed by atoms with Crippen molar-refractivity contribution in [3.05, 3.63) is 29.3 Å². The van der Waals surface area contributed by atoms with Gasteiger partial charge in [-0.15, -0.1) is 0 Å². The van der Waals surface area contributed by atoms with E-state index in [1.807, 2.05) is 12.1 Å². The maximum Gasteiger partial charge on any atom is 0.243 e. The molecule has 0 radical (unpaired) electrons. The highest BCUT2D eigenvalue weighted by molar-refractivity contribution is 9.09. The Morgan fingerprint density at radius 1 is 1.25 bits per heavy atom. The van der Waals surface area contributed by atoms with E-state index in [0.29, 0.717) is 29.9 Å². The van der Waals surface area contributed by atoms with Gasteiger partial charge < -0.3 is 4.74 Å². The van der Waals surface area contributed by atoms with Gasteiger partial charge in [0.1, 0.15) is 0 Å². The van der Waals surface area contributed by atoms with Gasteiger partial charge in [0.15, 0.2) is 0 Å². The van der Waals surface area contributed by atoms with Gasteiger partial charge in [-0.2, -0.15) is 4.31 Å². The van der Waals surface area contributed by atoms with Crippen molar-refractivity contribution < 1.29 is 13.2 Å². The molecule has 0 spiro atoms. The molecule has 112 valence electrons. The minimum atomic E-state index is -3.43. The van der Waals surface area contributed by atoms with E-state index >= 15 is 0 Å². The Labute approximate surface area is 129 Å². The van der Waals surface area contributed by atoms with Crippen molar-refractivity contribution >= 4 is 26.0 Å². The molecule has 1 aromatic carbocycles. The standard InChI is InChI=1S/C14H20BrNO3S/c1-19-10-9-16(8-7-15)20(17,18)14-6-5-12-3-2-4-13(12)11-14/h5-6,11H,2-4,7-10H2,1H3. The molecule has 1 aromatic rings. The maximum atomic E-state index is 12.7. The molecule has 0 atom stereocenters. The molecule has 20 heavy (non-hydrogen) atoms. The Balaban J connectivity index is 2.27. The second kappa shape index (κ2) is 7.02. The Kier molecular flexibility index (Phi) is 5.60. The number of fused-ring (bicyclic) bond motifs is 1. The molecule has 0 fully saturated rings. The lowest BCUT2D eigenvalue weighted by Crippen LogP contribution is -2.35. The van der Waals surface area contributed by atoms with E-state index < -0.39 is 10.0 Å². The van der Waals surface area contributed by atoms with Gasteiger partial charge in [0.25, 0.3) is 0 Å². The summed E-state index contributed by atoms with van der Waals surface area (Å²) >= 11 is 3.31. The van der Waals surface area contributed by atoms with Gasteiger partial charge in [-0.3, -0.25) is 0 Å². The maximum absolute atomic E-state index is 12.7. The topological polar surface area (TPSA) is 46.6 Å². The first kappa shape index (κ1) is 15.9. The number of methoxy groups -OCH3 is 1. The highest BCUT2D eigenvalue weighted by Crippen LogP contribution is 2.26. The largest absolute Gasteiger partial charge is 0.383 e. The summed E-state index contributed by atoms with van der Waals surface area (Å²) in [4.78, 5) is 0.398. The zero-order valence-corrected chi connectivity index (χ0v) is 14.0. The van der Waals surface area contributed by atoms with Gasteiger partial charge >= 0.3 is 0 Å². The van der Waals surface area contributed by atoms with Crippen LogP contribution in [0.15, 0.2) is 23.1 Å². The fourth-order valence-electron chi connectivity index (χ4n) is 2.50. The number of rotatable bonds is 7. The first-order valence-electron chi connectivity index (χ1n) is 6.76. The van der Waals surface area contributed by atoms with Crippen LogP contribution in [0.3, 0.4) is 0 Å². The molecule has 0 unspecified atom stereocenters. The van der Waals surface area contributed by atoms with E-state index in [1.165, 1.54) is 15.4 Å². The van der Waals surface area contributed by atoms with Crippen LogP contribution in [0.4, 0.5) is 0 Å². The molecular weight excluding hydrogens is 342 g/mol. The van der Waals surface area contributed by atoms with E-state index in [1.54, 1.807) is 13.2 Å². The second-order valence-corrected chi connectivity index (χ2v) is 7.60. The fourth-order valence-corrected chi connectivity index (χ4v) is 4.64. The minimum Gasteiger partial charge on any atom is -0.383 e. The van der Waals surface area contributed by atoms with Crippen LogP contribution in [0.1, 0.15) is 17.5 Å². The minimum absolute atomic E-state index is 0.377. The third-order valence-corrected chi connectivity index (χ3v) is 5.84. The summed E-state index contributed by atoms with van der Waals surface area (Å²) in [6.07, 6.45) is 3.16. The fraction of sp³-hybridized carbons (Fsp3) is 0.571. The van der Waals surface area contributed by atoms with E-state index in [2.05, 4.69) is 15.9 Å². The number of sulfonamides is 1. The summed E-state index contributed by atoms with van der Waals surface area (Å²) < 4.78 is 31.8. The molecule has 2 rings (SSSR count). The molecule has 0 bridgehead atoms. The third-order valence-electron chi connectivity index (χ3n) is 3.59. The SMILES string of the molecule is COCCN(CCBr)S(=O)(=O)c1ccc2c(c1)CCC2. The van der Waals surface area contributed by atoms with Crippen LogP contribution < -0.4 is 0 Å². The first-order chi connectivity index (χ1) is 9.59. The zero-order chi connectivity index (χ0) is 14.6. The first-order valence-corrected chi connectivity index (χ1v) is 9.32. The zero-order valence-electron chi connectivity index (χ0n) is 11.6. The van der Waals surface area contributed by atoms with Gasteiger partial charge in [0.2, 0.25) is 10.0 Å². The summed E-state index contributed by atoms with van der Waals surface area (Å²) in [6.45, 7) is 1.22. The van der Waals surface area contributed by atoms with E-state index in [4.69, 9.17) is 4.74 Å². The summed E-state index contributed by atoms with van der Waals surface area (Å²) in [5.74, 6) is 0. The number of benzene rings is 1. The molecule has 0 saturated carbocycles. The number of ether oxygens (including phenoxy) is 1. The van der Waals surface area contributed by atoms with Crippen molar-refractivity contribution in [3.8, 4) is 0 Å². The van der Waals surface area contributed by atoms with Gasteiger partial charge in [0.05, 0.1) is 11.5 Å². The monoisotopic (exact) mass is 361 g/mol. The quantitative estimate of drug-likeness (QED) is 0.699. The molecule has 6 heteroatoms. The van der Waals surface area contributed by atoms with Gasteiger partial charge in [-0.1, -0.05) is 22.0 Å². The van der Waals surface area contributed by atoms with Crippen LogP contribution in [0, 0.1) is 0 Å². The van der Waals surface area contributed by atoms with Crippen LogP contribution in [0.2, 0.25) is 0 Å². The molecule has 0 aliphatic heterocycles. The van der Waals surface area contributed by atoms with Crippen molar-refractivity contribution in [1.29, 1.82) is 0 Å². The molecule has 4 nitrogen and oxygen atoms in total. The van der Waals surface area contributed by atoms with Crippen molar-refractivity contribution in [1.82, 2.24) is 4.31 Å². The molecule has 0 amide bonds. The van der Waals surface area contributed by atoms with Crippen molar-refractivity contribution in [3.63, 3.8) is 0 Å². The van der Waals surface area contributed by atoms with Crippen molar-refractivity contribution in [2.45, 2.75) is 24.2 Å². The summed E-state index contributed by atoms with van der Waals surface area (Å²) in [7, 11) is -1.86. The van der Waals surface area contributed by atoms with E-state index in [0.717, 1.165) is 19.3 Å². The third kappa shape index (κ3) is 3.42. The van der Waals surface area contributed by atoms with E-state index in [-0.39, 0.29) is 0 Å². The Bertz CT molecular complexity index is 560. The predicted octanol–water partition coefficient (Wildman–Crippen LogP) is 2.21. The lowest BCUT2D eigenvalue weighted by Gasteiger charge is -2.21. The van der Waals surface area contributed by atoms with Crippen molar-refractivity contribution in [2.75, 3.05) is 32.1 Å².